The molecule has 0 radical (unpaired) electrons. The van der Waals surface area contributed by atoms with Crippen molar-refractivity contribution in [2.75, 3.05) is 0 Å². The van der Waals surface area contributed by atoms with Gasteiger partial charge in [0.05, 0.1) is 11.8 Å². The zero-order valence-electron chi connectivity index (χ0n) is 9.24. The molecule has 2 aromatic heterocycles. The SMILES string of the molecule is Cn1ccc(CC(O)Cc2ccncc2)n1. The second-order valence-corrected chi connectivity index (χ2v) is 3.90. The van der Waals surface area contributed by atoms with Crippen molar-refractivity contribution in [2.45, 2.75) is 18.9 Å². The lowest BCUT2D eigenvalue weighted by Gasteiger charge is -2.08. The standard InChI is InChI=1S/C12H15N3O/c1-15-7-4-11(14-15)9-12(16)8-10-2-5-13-6-3-10/h2-7,12,16H,8-9H2,1H3. The summed E-state index contributed by atoms with van der Waals surface area (Å²) in [6.07, 6.45) is 6.19. The van der Waals surface area contributed by atoms with Gasteiger partial charge in [-0.15, -0.1) is 0 Å². The molecule has 1 N–H and O–H groups in total. The van der Waals surface area contributed by atoms with Crippen molar-refractivity contribution in [1.82, 2.24) is 14.8 Å². The Morgan fingerprint density at radius 3 is 2.62 bits per heavy atom. The van der Waals surface area contributed by atoms with Crippen LogP contribution in [0.3, 0.4) is 0 Å². The van der Waals surface area contributed by atoms with Gasteiger partial charge < -0.3 is 5.11 Å². The molecule has 0 saturated heterocycles. The fourth-order valence-electron chi connectivity index (χ4n) is 1.68. The average Bonchev–Trinajstić information content (AvgIpc) is 2.65. The molecule has 1 unspecified atom stereocenters. The molecular formula is C12H15N3O. The third-order valence-electron chi connectivity index (χ3n) is 2.43. The number of nitrogens with zero attached hydrogens (tertiary/aromatic N) is 3. The van der Waals surface area contributed by atoms with Crippen LogP contribution in [0.15, 0.2) is 36.8 Å². The Morgan fingerprint density at radius 2 is 2.00 bits per heavy atom. The molecule has 2 heterocycles. The quantitative estimate of drug-likeness (QED) is 0.830. The van der Waals surface area contributed by atoms with Gasteiger partial charge in [-0.05, 0) is 30.2 Å². The Hall–Kier alpha value is -1.68. The van der Waals surface area contributed by atoms with E-state index in [0.29, 0.717) is 12.8 Å². The van der Waals surface area contributed by atoms with Crippen molar-refractivity contribution in [1.29, 1.82) is 0 Å². The van der Waals surface area contributed by atoms with Crippen LogP contribution in [-0.4, -0.2) is 26.0 Å². The van der Waals surface area contributed by atoms with Crippen molar-refractivity contribution in [3.8, 4) is 0 Å². The minimum absolute atomic E-state index is 0.391. The van der Waals surface area contributed by atoms with Crippen molar-refractivity contribution >= 4 is 0 Å². The Morgan fingerprint density at radius 1 is 1.25 bits per heavy atom. The summed E-state index contributed by atoms with van der Waals surface area (Å²) < 4.78 is 1.74. The van der Waals surface area contributed by atoms with Crippen LogP contribution in [0.1, 0.15) is 11.3 Å². The molecule has 0 aliphatic rings. The zero-order valence-corrected chi connectivity index (χ0v) is 9.24. The van der Waals surface area contributed by atoms with Crippen LogP contribution < -0.4 is 0 Å². The summed E-state index contributed by atoms with van der Waals surface area (Å²) in [6.45, 7) is 0. The van der Waals surface area contributed by atoms with Gasteiger partial charge in [0.2, 0.25) is 0 Å². The molecular weight excluding hydrogens is 202 g/mol. The number of pyridine rings is 1. The van der Waals surface area contributed by atoms with E-state index in [9.17, 15) is 5.11 Å². The van der Waals surface area contributed by atoms with Crippen molar-refractivity contribution in [2.24, 2.45) is 7.05 Å². The largest absolute Gasteiger partial charge is 0.392 e. The van der Waals surface area contributed by atoms with Crippen molar-refractivity contribution in [3.63, 3.8) is 0 Å². The van der Waals surface area contributed by atoms with E-state index in [2.05, 4.69) is 10.1 Å². The van der Waals surface area contributed by atoms with E-state index in [1.807, 2.05) is 31.4 Å². The van der Waals surface area contributed by atoms with Gasteiger partial charge in [0.25, 0.3) is 0 Å². The minimum Gasteiger partial charge on any atom is -0.392 e. The lowest BCUT2D eigenvalue weighted by molar-refractivity contribution is 0.174. The van der Waals surface area contributed by atoms with Gasteiger partial charge in [-0.1, -0.05) is 0 Å². The Bertz CT molecular complexity index is 439. The summed E-state index contributed by atoms with van der Waals surface area (Å²) in [7, 11) is 1.87. The van der Waals surface area contributed by atoms with Crippen LogP contribution in [0, 0.1) is 0 Å². The number of aliphatic hydroxyl groups excluding tert-OH is 1. The summed E-state index contributed by atoms with van der Waals surface area (Å²) in [6, 6.07) is 5.76. The van der Waals surface area contributed by atoms with E-state index in [0.717, 1.165) is 11.3 Å². The van der Waals surface area contributed by atoms with Crippen LogP contribution in [0.4, 0.5) is 0 Å². The second kappa shape index (κ2) is 4.90. The number of aliphatic hydroxyl groups is 1. The van der Waals surface area contributed by atoms with Crippen LogP contribution >= 0.6 is 0 Å². The van der Waals surface area contributed by atoms with E-state index >= 15 is 0 Å². The fourth-order valence-corrected chi connectivity index (χ4v) is 1.68. The molecule has 2 aromatic rings. The first-order valence-electron chi connectivity index (χ1n) is 5.29. The summed E-state index contributed by atoms with van der Waals surface area (Å²) in [5, 5.41) is 14.1. The minimum atomic E-state index is -0.391. The lowest BCUT2D eigenvalue weighted by atomic mass is 10.1. The average molecular weight is 217 g/mol. The molecule has 2 rings (SSSR count). The Balaban J connectivity index is 1.92. The van der Waals surface area contributed by atoms with Gasteiger partial charge >= 0.3 is 0 Å². The highest BCUT2D eigenvalue weighted by Gasteiger charge is 2.08. The summed E-state index contributed by atoms with van der Waals surface area (Å²) in [5.41, 5.74) is 2.02. The van der Waals surface area contributed by atoms with Crippen LogP contribution in [0.5, 0.6) is 0 Å². The maximum Gasteiger partial charge on any atom is 0.0650 e. The first-order chi connectivity index (χ1) is 7.74. The Kier molecular flexibility index (Phi) is 3.31. The van der Waals surface area contributed by atoms with Crippen molar-refractivity contribution in [3.05, 3.63) is 48.0 Å². The van der Waals surface area contributed by atoms with Gasteiger partial charge in [0, 0.05) is 32.1 Å². The molecule has 16 heavy (non-hydrogen) atoms. The maximum atomic E-state index is 9.90. The number of hydrogen-bond donors (Lipinski definition) is 1. The van der Waals surface area contributed by atoms with Crippen LogP contribution in [-0.2, 0) is 19.9 Å². The molecule has 84 valence electrons. The number of aromatic nitrogens is 3. The highest BCUT2D eigenvalue weighted by Crippen LogP contribution is 2.06. The second-order valence-electron chi connectivity index (χ2n) is 3.90. The molecule has 0 bridgehead atoms. The molecule has 0 aromatic carbocycles. The van der Waals surface area contributed by atoms with Gasteiger partial charge in [0.15, 0.2) is 0 Å². The van der Waals surface area contributed by atoms with E-state index in [1.165, 1.54) is 0 Å². The van der Waals surface area contributed by atoms with E-state index < -0.39 is 6.10 Å². The van der Waals surface area contributed by atoms with Gasteiger partial charge in [0.1, 0.15) is 0 Å². The molecule has 0 aliphatic heterocycles. The van der Waals surface area contributed by atoms with Crippen LogP contribution in [0.25, 0.3) is 0 Å². The monoisotopic (exact) mass is 217 g/mol. The smallest absolute Gasteiger partial charge is 0.0650 e. The molecule has 1 atom stereocenters. The molecule has 4 nitrogen and oxygen atoms in total. The maximum absolute atomic E-state index is 9.90. The van der Waals surface area contributed by atoms with Gasteiger partial charge in [-0.2, -0.15) is 5.10 Å². The predicted octanol–water partition coefficient (Wildman–Crippen LogP) is 0.961. The van der Waals surface area contributed by atoms with Gasteiger partial charge in [-0.3, -0.25) is 9.67 Å². The van der Waals surface area contributed by atoms with E-state index in [1.54, 1.807) is 17.1 Å². The summed E-state index contributed by atoms with van der Waals surface area (Å²) in [5.74, 6) is 0. The third kappa shape index (κ3) is 2.90. The topological polar surface area (TPSA) is 50.9 Å². The highest BCUT2D eigenvalue weighted by molar-refractivity contribution is 5.12. The number of hydrogen-bond acceptors (Lipinski definition) is 3. The van der Waals surface area contributed by atoms with Gasteiger partial charge in [-0.25, -0.2) is 0 Å². The Labute approximate surface area is 94.6 Å². The zero-order chi connectivity index (χ0) is 11.4. The molecule has 0 aliphatic carbocycles. The third-order valence-corrected chi connectivity index (χ3v) is 2.43. The van der Waals surface area contributed by atoms with E-state index in [4.69, 9.17) is 0 Å². The molecule has 0 spiro atoms. The van der Waals surface area contributed by atoms with Crippen LogP contribution in [0.2, 0.25) is 0 Å². The first-order valence-corrected chi connectivity index (χ1v) is 5.29. The molecule has 4 heteroatoms. The number of aryl methyl sites for hydroxylation is 1. The normalized spacial score (nSPS) is 12.6. The predicted molar refractivity (Wildman–Crippen MR) is 60.9 cm³/mol. The molecule has 0 fully saturated rings. The lowest BCUT2D eigenvalue weighted by Crippen LogP contribution is -2.14. The summed E-state index contributed by atoms with van der Waals surface area (Å²) in [4.78, 5) is 3.94. The molecule has 0 saturated carbocycles. The van der Waals surface area contributed by atoms with E-state index in [-0.39, 0.29) is 0 Å². The fraction of sp³-hybridized carbons (Fsp3) is 0.333. The number of rotatable bonds is 4. The van der Waals surface area contributed by atoms with Crippen molar-refractivity contribution < 1.29 is 5.11 Å². The molecule has 0 amide bonds. The highest BCUT2D eigenvalue weighted by atomic mass is 16.3. The summed E-state index contributed by atoms with van der Waals surface area (Å²) >= 11 is 0. The first kappa shape index (κ1) is 10.8.